The molecule has 0 saturated heterocycles. The molecule has 1 heteroatoms. The molecule has 16 heavy (non-hydrogen) atoms. The van der Waals surface area contributed by atoms with Crippen LogP contribution in [-0.2, 0) is 0 Å². The van der Waals surface area contributed by atoms with Crippen molar-refractivity contribution < 1.29 is 0 Å². The molecule has 1 N–H and O–H groups in total. The standard InChI is InChI=1S/C15H33N/c1-7-9-10-11-15(5,6)12-16-14(4)13(3)8-2/h13-14,16H,7-12H2,1-6H3. The van der Waals surface area contributed by atoms with E-state index in [0.29, 0.717) is 11.5 Å². The molecule has 0 aliphatic carbocycles. The average Bonchev–Trinajstić information content (AvgIpc) is 2.25. The van der Waals surface area contributed by atoms with Gasteiger partial charge in [-0.1, -0.05) is 60.3 Å². The van der Waals surface area contributed by atoms with Crippen LogP contribution >= 0.6 is 0 Å². The van der Waals surface area contributed by atoms with Gasteiger partial charge in [0.1, 0.15) is 0 Å². The van der Waals surface area contributed by atoms with Crippen LogP contribution in [0.1, 0.15) is 73.6 Å². The molecule has 2 unspecified atom stereocenters. The second kappa shape index (κ2) is 8.11. The van der Waals surface area contributed by atoms with Crippen molar-refractivity contribution in [1.29, 1.82) is 0 Å². The van der Waals surface area contributed by atoms with Crippen LogP contribution in [0.15, 0.2) is 0 Å². The lowest BCUT2D eigenvalue weighted by Crippen LogP contribution is -2.38. The highest BCUT2D eigenvalue weighted by molar-refractivity contribution is 4.75. The Balaban J connectivity index is 3.79. The zero-order valence-corrected chi connectivity index (χ0v) is 12.4. The van der Waals surface area contributed by atoms with Gasteiger partial charge < -0.3 is 5.32 Å². The lowest BCUT2D eigenvalue weighted by atomic mass is 9.86. The first-order valence-electron chi connectivity index (χ1n) is 7.16. The highest BCUT2D eigenvalue weighted by Gasteiger charge is 2.19. The summed E-state index contributed by atoms with van der Waals surface area (Å²) >= 11 is 0. The van der Waals surface area contributed by atoms with Gasteiger partial charge in [-0.15, -0.1) is 0 Å². The fraction of sp³-hybridized carbons (Fsp3) is 1.00. The summed E-state index contributed by atoms with van der Waals surface area (Å²) in [6, 6.07) is 0.649. The fourth-order valence-electron chi connectivity index (χ4n) is 1.93. The summed E-state index contributed by atoms with van der Waals surface area (Å²) in [6.07, 6.45) is 6.70. The van der Waals surface area contributed by atoms with E-state index in [0.717, 1.165) is 12.5 Å². The summed E-state index contributed by atoms with van der Waals surface area (Å²) in [6.45, 7) is 15.1. The van der Waals surface area contributed by atoms with Crippen molar-refractivity contribution in [2.75, 3.05) is 6.54 Å². The first kappa shape index (κ1) is 16.0. The molecule has 0 amide bonds. The number of hydrogen-bond acceptors (Lipinski definition) is 1. The summed E-state index contributed by atoms with van der Waals surface area (Å²) in [5.41, 5.74) is 0.455. The van der Waals surface area contributed by atoms with Crippen molar-refractivity contribution in [3.8, 4) is 0 Å². The minimum absolute atomic E-state index is 0.455. The first-order valence-corrected chi connectivity index (χ1v) is 7.16. The maximum absolute atomic E-state index is 3.70. The number of nitrogens with one attached hydrogen (secondary N) is 1. The molecule has 0 aliphatic heterocycles. The van der Waals surface area contributed by atoms with Crippen molar-refractivity contribution in [2.24, 2.45) is 11.3 Å². The zero-order valence-electron chi connectivity index (χ0n) is 12.4. The summed E-state index contributed by atoms with van der Waals surface area (Å²) in [5, 5.41) is 3.70. The van der Waals surface area contributed by atoms with E-state index >= 15 is 0 Å². The van der Waals surface area contributed by atoms with Gasteiger partial charge in [-0.05, 0) is 24.7 Å². The van der Waals surface area contributed by atoms with Crippen molar-refractivity contribution in [1.82, 2.24) is 5.32 Å². The molecule has 0 aromatic heterocycles. The number of unbranched alkanes of at least 4 members (excludes halogenated alkanes) is 2. The minimum atomic E-state index is 0.455. The SMILES string of the molecule is CCCCCC(C)(C)CNC(C)C(C)CC. The molecular weight excluding hydrogens is 194 g/mol. The van der Waals surface area contributed by atoms with Crippen LogP contribution in [0.2, 0.25) is 0 Å². The molecule has 1 nitrogen and oxygen atoms in total. The average molecular weight is 227 g/mol. The molecular formula is C15H33N. The van der Waals surface area contributed by atoms with Gasteiger partial charge >= 0.3 is 0 Å². The maximum Gasteiger partial charge on any atom is 0.00644 e. The monoisotopic (exact) mass is 227 g/mol. The Morgan fingerprint density at radius 3 is 2.19 bits per heavy atom. The van der Waals surface area contributed by atoms with Gasteiger partial charge in [-0.25, -0.2) is 0 Å². The molecule has 0 rings (SSSR count). The molecule has 0 aromatic rings. The Labute approximate surface area is 103 Å². The summed E-state index contributed by atoms with van der Waals surface area (Å²) < 4.78 is 0. The Morgan fingerprint density at radius 1 is 1.06 bits per heavy atom. The zero-order chi connectivity index (χ0) is 12.6. The summed E-state index contributed by atoms with van der Waals surface area (Å²) in [4.78, 5) is 0. The van der Waals surface area contributed by atoms with Crippen molar-refractivity contribution in [3.63, 3.8) is 0 Å². The van der Waals surface area contributed by atoms with Crippen molar-refractivity contribution in [3.05, 3.63) is 0 Å². The van der Waals surface area contributed by atoms with Crippen LogP contribution < -0.4 is 5.32 Å². The summed E-state index contributed by atoms with van der Waals surface area (Å²) in [5.74, 6) is 0.784. The van der Waals surface area contributed by atoms with E-state index < -0.39 is 0 Å². The third-order valence-electron chi connectivity index (χ3n) is 3.86. The smallest absolute Gasteiger partial charge is 0.00644 e. The highest BCUT2D eigenvalue weighted by Crippen LogP contribution is 2.23. The van der Waals surface area contributed by atoms with E-state index in [1.165, 1.54) is 32.1 Å². The van der Waals surface area contributed by atoms with Crippen LogP contribution in [-0.4, -0.2) is 12.6 Å². The third kappa shape index (κ3) is 7.27. The Morgan fingerprint density at radius 2 is 1.69 bits per heavy atom. The highest BCUT2D eigenvalue weighted by atomic mass is 14.9. The van der Waals surface area contributed by atoms with E-state index in [2.05, 4.69) is 46.9 Å². The molecule has 0 radical (unpaired) electrons. The van der Waals surface area contributed by atoms with Gasteiger partial charge in [-0.3, -0.25) is 0 Å². The number of hydrogen-bond donors (Lipinski definition) is 1. The Bertz CT molecular complexity index is 163. The number of rotatable bonds is 9. The fourth-order valence-corrected chi connectivity index (χ4v) is 1.93. The van der Waals surface area contributed by atoms with Gasteiger partial charge in [0, 0.05) is 12.6 Å². The van der Waals surface area contributed by atoms with Crippen molar-refractivity contribution in [2.45, 2.75) is 79.7 Å². The van der Waals surface area contributed by atoms with Crippen LogP contribution in [0.4, 0.5) is 0 Å². The third-order valence-corrected chi connectivity index (χ3v) is 3.86. The largest absolute Gasteiger partial charge is 0.313 e. The van der Waals surface area contributed by atoms with E-state index in [9.17, 15) is 0 Å². The van der Waals surface area contributed by atoms with Crippen LogP contribution in [0.5, 0.6) is 0 Å². The van der Waals surface area contributed by atoms with Crippen LogP contribution in [0.3, 0.4) is 0 Å². The molecule has 0 saturated carbocycles. The van der Waals surface area contributed by atoms with Gasteiger partial charge in [0.15, 0.2) is 0 Å². The minimum Gasteiger partial charge on any atom is -0.313 e. The molecule has 0 aliphatic rings. The predicted octanol–water partition coefficient (Wildman–Crippen LogP) is 4.62. The van der Waals surface area contributed by atoms with Gasteiger partial charge in [0.25, 0.3) is 0 Å². The Hall–Kier alpha value is -0.0400. The molecule has 2 atom stereocenters. The van der Waals surface area contributed by atoms with Gasteiger partial charge in [-0.2, -0.15) is 0 Å². The van der Waals surface area contributed by atoms with Crippen molar-refractivity contribution >= 4 is 0 Å². The molecule has 0 heterocycles. The first-order chi connectivity index (χ1) is 7.43. The second-order valence-corrected chi connectivity index (χ2v) is 6.18. The quantitative estimate of drug-likeness (QED) is 0.567. The lowest BCUT2D eigenvalue weighted by molar-refractivity contribution is 0.268. The Kier molecular flexibility index (Phi) is 8.09. The predicted molar refractivity (Wildman–Crippen MR) is 74.8 cm³/mol. The topological polar surface area (TPSA) is 12.0 Å². The van der Waals surface area contributed by atoms with E-state index in [1.54, 1.807) is 0 Å². The van der Waals surface area contributed by atoms with Gasteiger partial charge in [0.2, 0.25) is 0 Å². The maximum atomic E-state index is 3.70. The molecule has 0 aromatic carbocycles. The van der Waals surface area contributed by atoms with Crippen LogP contribution in [0.25, 0.3) is 0 Å². The van der Waals surface area contributed by atoms with E-state index in [-0.39, 0.29) is 0 Å². The van der Waals surface area contributed by atoms with E-state index in [4.69, 9.17) is 0 Å². The van der Waals surface area contributed by atoms with E-state index in [1.807, 2.05) is 0 Å². The summed E-state index contributed by atoms with van der Waals surface area (Å²) in [7, 11) is 0. The van der Waals surface area contributed by atoms with Crippen LogP contribution in [0, 0.1) is 11.3 Å². The second-order valence-electron chi connectivity index (χ2n) is 6.18. The lowest BCUT2D eigenvalue weighted by Gasteiger charge is -2.29. The molecule has 0 bridgehead atoms. The molecule has 0 spiro atoms. The van der Waals surface area contributed by atoms with Gasteiger partial charge in [0.05, 0.1) is 0 Å². The molecule has 98 valence electrons. The molecule has 0 fully saturated rings. The normalized spacial score (nSPS) is 16.1.